The molecule has 0 aromatic heterocycles. The van der Waals surface area contributed by atoms with Crippen molar-refractivity contribution in [3.05, 3.63) is 0 Å². The molecule has 0 atom stereocenters. The summed E-state index contributed by atoms with van der Waals surface area (Å²) in [4.78, 5) is 0. The minimum atomic E-state index is -6.23. The molecule has 0 bridgehead atoms. The van der Waals surface area contributed by atoms with Crippen LogP contribution in [0.15, 0.2) is 0 Å². The van der Waals surface area contributed by atoms with Gasteiger partial charge in [-0.15, -0.1) is 0 Å². The van der Waals surface area contributed by atoms with E-state index >= 15 is 0 Å². The summed E-state index contributed by atoms with van der Waals surface area (Å²) in [6.07, 6.45) is -5.67. The van der Waals surface area contributed by atoms with Crippen LogP contribution < -0.4 is 0 Å². The fraction of sp³-hybridized carbons (Fsp3) is 1.00. The number of hydrogen-bond donors (Lipinski definition) is 2. The number of rotatable bonds is 8. The minimum Gasteiger partial charge on any atom is -0.380 e. The van der Waals surface area contributed by atoms with Gasteiger partial charge in [0.05, 0.1) is 6.61 Å². The molecular formula is C11H17F5O5S. The van der Waals surface area contributed by atoms with Crippen molar-refractivity contribution < 1.29 is 45.3 Å². The molecular weight excluding hydrogens is 339 g/mol. The van der Waals surface area contributed by atoms with E-state index in [1.54, 1.807) is 6.92 Å². The lowest BCUT2D eigenvalue weighted by molar-refractivity contribution is -0.396. The maximum Gasteiger partial charge on any atom is 0.450 e. The van der Waals surface area contributed by atoms with E-state index in [9.17, 15) is 30.4 Å². The molecule has 2 N–H and O–H groups in total. The highest BCUT2D eigenvalue weighted by Gasteiger charge is 2.79. The van der Waals surface area contributed by atoms with Crippen molar-refractivity contribution >= 4 is 9.84 Å². The van der Waals surface area contributed by atoms with Crippen molar-refractivity contribution in [2.45, 2.75) is 54.6 Å². The summed E-state index contributed by atoms with van der Waals surface area (Å²) in [5, 5.41) is 11.5. The molecule has 0 saturated heterocycles. The first-order valence-electron chi connectivity index (χ1n) is 6.48. The van der Waals surface area contributed by atoms with Gasteiger partial charge >= 0.3 is 17.2 Å². The molecule has 1 saturated carbocycles. The number of halogens is 5. The molecule has 0 spiro atoms. The highest BCUT2D eigenvalue weighted by molar-refractivity contribution is 7.94. The number of sulfone groups is 1. The lowest BCUT2D eigenvalue weighted by Crippen LogP contribution is -2.64. The van der Waals surface area contributed by atoms with E-state index in [4.69, 9.17) is 14.9 Å². The summed E-state index contributed by atoms with van der Waals surface area (Å²) in [7, 11) is -5.83. The molecule has 0 aliphatic heterocycles. The Morgan fingerprint density at radius 1 is 1.14 bits per heavy atom. The maximum atomic E-state index is 13.7. The summed E-state index contributed by atoms with van der Waals surface area (Å²) >= 11 is 0. The van der Waals surface area contributed by atoms with E-state index in [1.807, 2.05) is 0 Å². The normalized spacial score (nSPS) is 19.3. The summed E-state index contributed by atoms with van der Waals surface area (Å²) in [6, 6.07) is 0. The molecule has 1 rings (SSSR count). The maximum absolute atomic E-state index is 13.7. The number of unbranched alkanes of at least 4 members (excludes halogenated alkanes) is 1. The second-order valence-electron chi connectivity index (χ2n) is 5.28. The average molecular weight is 356 g/mol. The van der Waals surface area contributed by atoms with Gasteiger partial charge in [0.2, 0.25) is 9.84 Å². The molecule has 5 nitrogen and oxygen atoms in total. The first kappa shape index (κ1) is 19.5. The second-order valence-corrected chi connectivity index (χ2v) is 7.66. The van der Waals surface area contributed by atoms with Gasteiger partial charge in [-0.25, -0.2) is 8.42 Å². The standard InChI is InChI=1S/C11H17F5O5S/c1-2-3-6-21-7-8(4-5-8)22(19,20)11(15,16)9(17,18)10(12,13)14/h17-18H,2-7H2,1H3. The Bertz CT molecular complexity index is 495. The van der Waals surface area contributed by atoms with Gasteiger partial charge in [-0.05, 0) is 19.3 Å². The van der Waals surface area contributed by atoms with E-state index in [0.717, 1.165) is 0 Å². The molecule has 1 aliphatic carbocycles. The summed E-state index contributed by atoms with van der Waals surface area (Å²) in [6.45, 7) is 1.16. The highest BCUT2D eigenvalue weighted by atomic mass is 32.2. The third kappa shape index (κ3) is 2.95. The summed E-state index contributed by atoms with van der Waals surface area (Å²) in [5.74, 6) is -5.67. The summed E-state index contributed by atoms with van der Waals surface area (Å²) in [5.41, 5.74) is 0. The average Bonchev–Trinajstić information content (AvgIpc) is 3.14. The first-order valence-corrected chi connectivity index (χ1v) is 7.96. The Labute approximate surface area is 124 Å². The predicted molar refractivity (Wildman–Crippen MR) is 64.8 cm³/mol. The van der Waals surface area contributed by atoms with E-state index in [1.165, 1.54) is 0 Å². The molecule has 0 unspecified atom stereocenters. The lowest BCUT2D eigenvalue weighted by atomic mass is 10.3. The molecule has 132 valence electrons. The number of aliphatic hydroxyl groups is 2. The molecule has 0 aromatic rings. The van der Waals surface area contributed by atoms with Gasteiger partial charge in [0.15, 0.2) is 0 Å². The zero-order valence-electron chi connectivity index (χ0n) is 11.7. The van der Waals surface area contributed by atoms with Gasteiger partial charge in [0.25, 0.3) is 0 Å². The number of ether oxygens (including phenoxy) is 1. The third-order valence-electron chi connectivity index (χ3n) is 3.52. The van der Waals surface area contributed by atoms with Crippen LogP contribution in [0.4, 0.5) is 22.0 Å². The Morgan fingerprint density at radius 3 is 2.00 bits per heavy atom. The van der Waals surface area contributed by atoms with Crippen LogP contribution in [-0.4, -0.2) is 53.8 Å². The van der Waals surface area contributed by atoms with Crippen molar-refractivity contribution in [3.63, 3.8) is 0 Å². The molecule has 1 aliphatic rings. The first-order chi connectivity index (χ1) is 9.77. The van der Waals surface area contributed by atoms with Crippen LogP contribution in [0.25, 0.3) is 0 Å². The SMILES string of the molecule is CCCCOCC1(S(=O)(=O)C(F)(F)C(O)(O)C(F)(F)F)CC1. The molecule has 0 radical (unpaired) electrons. The van der Waals surface area contributed by atoms with Crippen LogP contribution in [-0.2, 0) is 14.6 Å². The van der Waals surface area contributed by atoms with Gasteiger partial charge in [0.1, 0.15) is 4.75 Å². The Hall–Kier alpha value is -0.520. The van der Waals surface area contributed by atoms with E-state index in [-0.39, 0.29) is 19.4 Å². The monoisotopic (exact) mass is 356 g/mol. The van der Waals surface area contributed by atoms with Gasteiger partial charge in [0, 0.05) is 6.61 Å². The van der Waals surface area contributed by atoms with Crippen molar-refractivity contribution in [3.8, 4) is 0 Å². The van der Waals surface area contributed by atoms with Crippen molar-refractivity contribution in [1.82, 2.24) is 0 Å². The van der Waals surface area contributed by atoms with E-state index < -0.39 is 38.4 Å². The van der Waals surface area contributed by atoms with Gasteiger partial charge in [-0.1, -0.05) is 13.3 Å². The fourth-order valence-corrected chi connectivity index (χ4v) is 3.67. The fourth-order valence-electron chi connectivity index (χ4n) is 1.76. The third-order valence-corrected chi connectivity index (χ3v) is 6.15. The lowest BCUT2D eigenvalue weighted by Gasteiger charge is -2.34. The van der Waals surface area contributed by atoms with E-state index in [0.29, 0.717) is 12.8 Å². The second kappa shape index (κ2) is 5.84. The Morgan fingerprint density at radius 2 is 1.64 bits per heavy atom. The van der Waals surface area contributed by atoms with Crippen molar-refractivity contribution in [2.24, 2.45) is 0 Å². The molecule has 0 heterocycles. The smallest absolute Gasteiger partial charge is 0.380 e. The van der Waals surface area contributed by atoms with Gasteiger partial charge < -0.3 is 14.9 Å². The molecule has 0 amide bonds. The quantitative estimate of drug-likeness (QED) is 0.392. The zero-order valence-corrected chi connectivity index (χ0v) is 12.5. The van der Waals surface area contributed by atoms with Crippen LogP contribution in [0.5, 0.6) is 0 Å². The molecule has 22 heavy (non-hydrogen) atoms. The van der Waals surface area contributed by atoms with Crippen molar-refractivity contribution in [1.29, 1.82) is 0 Å². The minimum absolute atomic E-state index is 0.0714. The molecule has 11 heteroatoms. The number of hydrogen-bond acceptors (Lipinski definition) is 5. The van der Waals surface area contributed by atoms with Crippen LogP contribution in [0.2, 0.25) is 0 Å². The van der Waals surface area contributed by atoms with Crippen LogP contribution in [0.3, 0.4) is 0 Å². The van der Waals surface area contributed by atoms with Crippen molar-refractivity contribution in [2.75, 3.05) is 13.2 Å². The predicted octanol–water partition coefficient (Wildman–Crippen LogP) is 1.59. The topological polar surface area (TPSA) is 83.8 Å². The van der Waals surface area contributed by atoms with Gasteiger partial charge in [-0.2, -0.15) is 22.0 Å². The van der Waals surface area contributed by atoms with E-state index in [2.05, 4.69) is 0 Å². The highest BCUT2D eigenvalue weighted by Crippen LogP contribution is 2.54. The zero-order chi connectivity index (χ0) is 17.4. The van der Waals surface area contributed by atoms with Gasteiger partial charge in [-0.3, -0.25) is 0 Å². The summed E-state index contributed by atoms with van der Waals surface area (Å²) < 4.78 is 90.9. The number of alkyl halides is 5. The molecule has 1 fully saturated rings. The van der Waals surface area contributed by atoms with Crippen LogP contribution >= 0.6 is 0 Å². The Balaban J connectivity index is 3.02. The largest absolute Gasteiger partial charge is 0.450 e. The van der Waals surface area contributed by atoms with Crippen LogP contribution in [0.1, 0.15) is 32.6 Å². The van der Waals surface area contributed by atoms with Crippen LogP contribution in [0, 0.1) is 0 Å². The Kier molecular flexibility index (Phi) is 5.18. The molecule has 0 aromatic carbocycles.